The van der Waals surface area contributed by atoms with Gasteiger partial charge < -0.3 is 5.32 Å². The maximum absolute atomic E-state index is 13.2. The Morgan fingerprint density at radius 3 is 2.94 bits per heavy atom. The number of hydrogen-bond donors (Lipinski definition) is 1. The minimum atomic E-state index is -1.29. The number of carbonyl (C=O) groups is 1. The summed E-state index contributed by atoms with van der Waals surface area (Å²) in [7, 11) is 0. The van der Waals surface area contributed by atoms with E-state index < -0.39 is 17.7 Å². The van der Waals surface area contributed by atoms with Crippen LogP contribution in [0.3, 0.4) is 0 Å². The minimum Gasteiger partial charge on any atom is -0.350 e. The van der Waals surface area contributed by atoms with Gasteiger partial charge in [-0.25, -0.2) is 9.37 Å². The second-order valence-electron chi connectivity index (χ2n) is 3.39. The molecular weight excluding hydrogens is 244 g/mol. The molecular formula is C10H9F2N5O. The molecule has 2 heterocycles. The van der Waals surface area contributed by atoms with Gasteiger partial charge in [0.1, 0.15) is 0 Å². The van der Waals surface area contributed by atoms with Crippen molar-refractivity contribution in [3.8, 4) is 0 Å². The molecule has 2 aromatic rings. The molecule has 0 atom stereocenters. The highest BCUT2D eigenvalue weighted by molar-refractivity contribution is 5.94. The summed E-state index contributed by atoms with van der Waals surface area (Å²) in [5.41, 5.74) is -0.374. The van der Waals surface area contributed by atoms with Crippen molar-refractivity contribution in [3.05, 3.63) is 42.0 Å². The average Bonchev–Trinajstić information content (AvgIpc) is 2.85. The number of pyridine rings is 1. The third-order valence-corrected chi connectivity index (χ3v) is 2.19. The van der Waals surface area contributed by atoms with Crippen molar-refractivity contribution in [3.63, 3.8) is 0 Å². The van der Waals surface area contributed by atoms with E-state index in [0.717, 1.165) is 12.3 Å². The summed E-state index contributed by atoms with van der Waals surface area (Å²) in [6.07, 6.45) is 4.16. The Bertz CT molecular complexity index is 543. The molecule has 0 aromatic carbocycles. The van der Waals surface area contributed by atoms with Crippen LogP contribution in [0.5, 0.6) is 0 Å². The maximum Gasteiger partial charge on any atom is 0.254 e. The summed E-state index contributed by atoms with van der Waals surface area (Å²) in [4.78, 5) is 14.7. The first-order chi connectivity index (χ1) is 8.68. The summed E-state index contributed by atoms with van der Waals surface area (Å²) >= 11 is 0. The number of rotatable bonds is 4. The van der Waals surface area contributed by atoms with Gasteiger partial charge in [0.15, 0.2) is 5.82 Å². The monoisotopic (exact) mass is 253 g/mol. The van der Waals surface area contributed by atoms with Crippen LogP contribution < -0.4 is 5.32 Å². The molecule has 0 saturated heterocycles. The van der Waals surface area contributed by atoms with Crippen molar-refractivity contribution >= 4 is 5.91 Å². The lowest BCUT2D eigenvalue weighted by Gasteiger charge is -2.05. The van der Waals surface area contributed by atoms with Crippen LogP contribution in [-0.2, 0) is 6.54 Å². The first-order valence-electron chi connectivity index (χ1n) is 5.11. The van der Waals surface area contributed by atoms with E-state index in [9.17, 15) is 13.6 Å². The fraction of sp³-hybridized carbons (Fsp3) is 0.200. The number of aromatic nitrogens is 4. The molecule has 0 saturated carbocycles. The first kappa shape index (κ1) is 12.1. The van der Waals surface area contributed by atoms with E-state index in [-0.39, 0.29) is 12.1 Å². The van der Waals surface area contributed by atoms with Gasteiger partial charge in [-0.1, -0.05) is 5.21 Å². The normalized spacial score (nSPS) is 10.3. The highest BCUT2D eigenvalue weighted by Crippen LogP contribution is 2.08. The van der Waals surface area contributed by atoms with Crippen LogP contribution >= 0.6 is 0 Å². The Balaban J connectivity index is 1.93. The fourth-order valence-electron chi connectivity index (χ4n) is 1.32. The van der Waals surface area contributed by atoms with Gasteiger partial charge in [0.25, 0.3) is 5.91 Å². The second kappa shape index (κ2) is 5.30. The summed E-state index contributed by atoms with van der Waals surface area (Å²) in [6.45, 7) is 0.618. The molecule has 0 spiro atoms. The van der Waals surface area contributed by atoms with Gasteiger partial charge in [0.2, 0.25) is 5.95 Å². The fourth-order valence-corrected chi connectivity index (χ4v) is 1.32. The van der Waals surface area contributed by atoms with Gasteiger partial charge in [0, 0.05) is 18.9 Å². The van der Waals surface area contributed by atoms with E-state index >= 15 is 0 Å². The molecule has 94 valence electrons. The van der Waals surface area contributed by atoms with Crippen molar-refractivity contribution in [1.29, 1.82) is 0 Å². The number of nitrogens with zero attached hydrogens (tertiary/aromatic N) is 4. The molecule has 8 heteroatoms. The predicted molar refractivity (Wildman–Crippen MR) is 56.5 cm³/mol. The highest BCUT2D eigenvalue weighted by atomic mass is 19.2. The number of hydrogen-bond acceptors (Lipinski definition) is 4. The molecule has 0 aliphatic carbocycles. The third kappa shape index (κ3) is 2.65. The van der Waals surface area contributed by atoms with Crippen molar-refractivity contribution in [2.24, 2.45) is 0 Å². The smallest absolute Gasteiger partial charge is 0.254 e. The summed E-state index contributed by atoms with van der Waals surface area (Å²) in [5, 5.41) is 9.72. The lowest BCUT2D eigenvalue weighted by molar-refractivity contribution is 0.0946. The minimum absolute atomic E-state index is 0.228. The third-order valence-electron chi connectivity index (χ3n) is 2.19. The molecule has 0 fully saturated rings. The Hall–Kier alpha value is -2.38. The van der Waals surface area contributed by atoms with Crippen LogP contribution in [0.1, 0.15) is 10.4 Å². The van der Waals surface area contributed by atoms with Gasteiger partial charge in [0.05, 0.1) is 18.3 Å². The second-order valence-corrected chi connectivity index (χ2v) is 3.39. The molecule has 18 heavy (non-hydrogen) atoms. The molecule has 0 aliphatic rings. The van der Waals surface area contributed by atoms with Gasteiger partial charge >= 0.3 is 0 Å². The van der Waals surface area contributed by atoms with Crippen LogP contribution in [0.4, 0.5) is 8.78 Å². The van der Waals surface area contributed by atoms with Crippen molar-refractivity contribution in [2.75, 3.05) is 6.54 Å². The Kier molecular flexibility index (Phi) is 3.56. The highest BCUT2D eigenvalue weighted by Gasteiger charge is 2.15. The van der Waals surface area contributed by atoms with E-state index in [2.05, 4.69) is 20.6 Å². The molecule has 0 bridgehead atoms. The lowest BCUT2D eigenvalue weighted by Crippen LogP contribution is -2.28. The zero-order valence-corrected chi connectivity index (χ0v) is 9.18. The van der Waals surface area contributed by atoms with Gasteiger partial charge in [-0.05, 0) is 6.07 Å². The SMILES string of the molecule is O=C(NCCn1ccnn1)c1ccnc(F)c1F. The Morgan fingerprint density at radius 2 is 2.22 bits per heavy atom. The molecule has 0 unspecified atom stereocenters. The Labute approximate surface area is 101 Å². The van der Waals surface area contributed by atoms with E-state index in [1.807, 2.05) is 0 Å². The number of halogens is 2. The van der Waals surface area contributed by atoms with E-state index in [4.69, 9.17) is 0 Å². The molecule has 1 N–H and O–H groups in total. The maximum atomic E-state index is 13.2. The zero-order chi connectivity index (χ0) is 13.0. The molecule has 0 aliphatic heterocycles. The number of carbonyl (C=O) groups excluding carboxylic acids is 1. The predicted octanol–water partition coefficient (Wildman–Crippen LogP) is 0.381. The average molecular weight is 253 g/mol. The van der Waals surface area contributed by atoms with Crippen LogP contribution in [0.25, 0.3) is 0 Å². The van der Waals surface area contributed by atoms with Crippen LogP contribution in [0, 0.1) is 11.8 Å². The van der Waals surface area contributed by atoms with E-state index in [1.54, 1.807) is 6.20 Å². The topological polar surface area (TPSA) is 72.7 Å². The van der Waals surface area contributed by atoms with Crippen LogP contribution in [-0.4, -0.2) is 32.4 Å². The summed E-state index contributed by atoms with van der Waals surface area (Å²) in [6, 6.07) is 1.11. The zero-order valence-electron chi connectivity index (χ0n) is 9.18. The van der Waals surface area contributed by atoms with Crippen molar-refractivity contribution in [2.45, 2.75) is 6.54 Å². The number of nitrogens with one attached hydrogen (secondary N) is 1. The van der Waals surface area contributed by atoms with Crippen LogP contribution in [0.15, 0.2) is 24.7 Å². The van der Waals surface area contributed by atoms with Crippen molar-refractivity contribution in [1.82, 2.24) is 25.3 Å². The van der Waals surface area contributed by atoms with Gasteiger partial charge in [-0.3, -0.25) is 9.48 Å². The summed E-state index contributed by atoms with van der Waals surface area (Å²) < 4.78 is 27.5. The van der Waals surface area contributed by atoms with Crippen LogP contribution in [0.2, 0.25) is 0 Å². The summed E-state index contributed by atoms with van der Waals surface area (Å²) in [5.74, 6) is -3.25. The molecule has 1 amide bonds. The standard InChI is InChI=1S/C10H9F2N5O/c11-8-7(1-2-13-9(8)12)10(18)14-3-5-17-6-4-15-16-17/h1-2,4,6H,3,5H2,(H,14,18). The van der Waals surface area contributed by atoms with E-state index in [1.165, 1.54) is 10.9 Å². The van der Waals surface area contributed by atoms with Crippen molar-refractivity contribution < 1.29 is 13.6 Å². The quantitative estimate of drug-likeness (QED) is 0.799. The Morgan fingerprint density at radius 1 is 1.39 bits per heavy atom. The first-order valence-corrected chi connectivity index (χ1v) is 5.11. The molecule has 2 rings (SSSR count). The lowest BCUT2D eigenvalue weighted by atomic mass is 10.2. The molecule has 6 nitrogen and oxygen atoms in total. The number of amides is 1. The molecule has 0 radical (unpaired) electrons. The molecule has 2 aromatic heterocycles. The van der Waals surface area contributed by atoms with Gasteiger partial charge in [-0.15, -0.1) is 5.10 Å². The largest absolute Gasteiger partial charge is 0.350 e. The van der Waals surface area contributed by atoms with E-state index in [0.29, 0.717) is 6.54 Å². The van der Waals surface area contributed by atoms with Gasteiger partial charge in [-0.2, -0.15) is 4.39 Å².